The molecule has 0 aliphatic heterocycles. The lowest BCUT2D eigenvalue weighted by atomic mass is 10.1. The molecule has 6 heteroatoms. The number of rotatable bonds is 7. The Kier molecular flexibility index (Phi) is 7.09. The number of ether oxygens (including phenoxy) is 1. The molecule has 0 aromatic heterocycles. The van der Waals surface area contributed by atoms with Crippen molar-refractivity contribution in [3.63, 3.8) is 0 Å². The number of amides is 2. The van der Waals surface area contributed by atoms with Crippen LogP contribution in [0.4, 0.5) is 11.4 Å². The van der Waals surface area contributed by atoms with Crippen molar-refractivity contribution >= 4 is 35.0 Å². The summed E-state index contributed by atoms with van der Waals surface area (Å²) in [6.45, 7) is 5.73. The molecule has 0 heterocycles. The highest BCUT2D eigenvalue weighted by atomic mass is 32.2. The number of methoxy groups -OCH3 is 1. The maximum Gasteiger partial charge on any atom is 0.237 e. The maximum atomic E-state index is 12.3. The van der Waals surface area contributed by atoms with Crippen molar-refractivity contribution in [1.82, 2.24) is 0 Å². The third kappa shape index (κ3) is 5.81. The standard InChI is InChI=1S/C20H24N2O3S/c1-13-5-6-14(2)18(11-13)22-20(24)15(3)26-12-19(23)21-16-7-9-17(25-4)10-8-16/h5-11,15H,12H2,1-4H3,(H,21,23)(H,22,24). The Bertz CT molecular complexity index is 775. The number of thioether (sulfide) groups is 1. The molecule has 26 heavy (non-hydrogen) atoms. The monoisotopic (exact) mass is 372 g/mol. The predicted molar refractivity (Wildman–Crippen MR) is 108 cm³/mol. The Labute approximate surface area is 158 Å². The van der Waals surface area contributed by atoms with Crippen LogP contribution in [-0.2, 0) is 9.59 Å². The molecular formula is C20H24N2O3S. The topological polar surface area (TPSA) is 67.4 Å². The fourth-order valence-corrected chi connectivity index (χ4v) is 2.94. The normalized spacial score (nSPS) is 11.5. The van der Waals surface area contributed by atoms with Gasteiger partial charge in [0.25, 0.3) is 0 Å². The molecule has 0 aliphatic rings. The SMILES string of the molecule is COc1ccc(NC(=O)CSC(C)C(=O)Nc2cc(C)ccc2C)cc1. The molecule has 0 radical (unpaired) electrons. The lowest BCUT2D eigenvalue weighted by Crippen LogP contribution is -2.25. The lowest BCUT2D eigenvalue weighted by molar-refractivity contribution is -0.115. The first-order chi connectivity index (χ1) is 12.4. The van der Waals surface area contributed by atoms with Crippen LogP contribution in [0.1, 0.15) is 18.1 Å². The van der Waals surface area contributed by atoms with E-state index in [1.54, 1.807) is 38.3 Å². The van der Waals surface area contributed by atoms with E-state index in [4.69, 9.17) is 4.74 Å². The number of hydrogen-bond acceptors (Lipinski definition) is 4. The molecule has 0 saturated heterocycles. The second-order valence-corrected chi connectivity index (χ2v) is 7.37. The van der Waals surface area contributed by atoms with Crippen molar-refractivity contribution in [3.05, 3.63) is 53.6 Å². The van der Waals surface area contributed by atoms with Gasteiger partial charge in [0.2, 0.25) is 11.8 Å². The van der Waals surface area contributed by atoms with Crippen molar-refractivity contribution in [1.29, 1.82) is 0 Å². The summed E-state index contributed by atoms with van der Waals surface area (Å²) >= 11 is 1.30. The van der Waals surface area contributed by atoms with E-state index in [9.17, 15) is 9.59 Å². The Balaban J connectivity index is 1.82. The van der Waals surface area contributed by atoms with Crippen LogP contribution in [0.3, 0.4) is 0 Å². The van der Waals surface area contributed by atoms with Crippen molar-refractivity contribution in [2.45, 2.75) is 26.0 Å². The molecule has 2 amide bonds. The largest absolute Gasteiger partial charge is 0.497 e. The van der Waals surface area contributed by atoms with Crippen LogP contribution in [0.15, 0.2) is 42.5 Å². The summed E-state index contributed by atoms with van der Waals surface area (Å²) in [6.07, 6.45) is 0. The van der Waals surface area contributed by atoms with E-state index in [1.807, 2.05) is 32.0 Å². The molecule has 2 rings (SSSR count). The molecule has 0 spiro atoms. The number of aryl methyl sites for hydroxylation is 2. The third-order valence-corrected chi connectivity index (χ3v) is 5.00. The van der Waals surface area contributed by atoms with E-state index in [0.717, 1.165) is 22.6 Å². The van der Waals surface area contributed by atoms with Gasteiger partial charge in [0, 0.05) is 11.4 Å². The van der Waals surface area contributed by atoms with Crippen LogP contribution in [0.25, 0.3) is 0 Å². The van der Waals surface area contributed by atoms with E-state index in [0.29, 0.717) is 5.69 Å². The van der Waals surface area contributed by atoms with Crippen molar-refractivity contribution in [3.8, 4) is 5.75 Å². The molecule has 0 bridgehead atoms. The van der Waals surface area contributed by atoms with Crippen molar-refractivity contribution in [2.75, 3.05) is 23.5 Å². The second-order valence-electron chi connectivity index (χ2n) is 6.04. The van der Waals surface area contributed by atoms with Crippen LogP contribution < -0.4 is 15.4 Å². The van der Waals surface area contributed by atoms with Gasteiger partial charge in [-0.1, -0.05) is 12.1 Å². The van der Waals surface area contributed by atoms with Gasteiger partial charge < -0.3 is 15.4 Å². The predicted octanol–water partition coefficient (Wildman–Crippen LogP) is 4.01. The molecular weight excluding hydrogens is 348 g/mol. The average molecular weight is 372 g/mol. The Hall–Kier alpha value is -2.47. The summed E-state index contributed by atoms with van der Waals surface area (Å²) in [6, 6.07) is 13.0. The van der Waals surface area contributed by atoms with Crippen LogP contribution >= 0.6 is 11.8 Å². The quantitative estimate of drug-likeness (QED) is 0.771. The molecule has 2 aromatic rings. The van der Waals surface area contributed by atoms with Gasteiger partial charge in [0.15, 0.2) is 0 Å². The van der Waals surface area contributed by atoms with Crippen LogP contribution in [-0.4, -0.2) is 29.9 Å². The number of nitrogens with one attached hydrogen (secondary N) is 2. The Morgan fingerprint density at radius 2 is 1.77 bits per heavy atom. The van der Waals surface area contributed by atoms with Gasteiger partial charge in [-0.2, -0.15) is 0 Å². The highest BCUT2D eigenvalue weighted by molar-refractivity contribution is 8.01. The molecule has 2 aromatic carbocycles. The highest BCUT2D eigenvalue weighted by Gasteiger charge is 2.16. The smallest absolute Gasteiger partial charge is 0.237 e. The number of benzene rings is 2. The first-order valence-corrected chi connectivity index (χ1v) is 9.37. The average Bonchev–Trinajstić information content (AvgIpc) is 2.63. The van der Waals surface area contributed by atoms with E-state index in [1.165, 1.54) is 11.8 Å². The van der Waals surface area contributed by atoms with Crippen molar-refractivity contribution < 1.29 is 14.3 Å². The van der Waals surface area contributed by atoms with Crippen molar-refractivity contribution in [2.24, 2.45) is 0 Å². The summed E-state index contributed by atoms with van der Waals surface area (Å²) in [5.41, 5.74) is 3.61. The molecule has 2 N–H and O–H groups in total. The zero-order chi connectivity index (χ0) is 19.1. The number of hydrogen-bond donors (Lipinski definition) is 2. The minimum absolute atomic E-state index is 0.110. The zero-order valence-corrected chi connectivity index (χ0v) is 16.3. The molecule has 5 nitrogen and oxygen atoms in total. The Morgan fingerprint density at radius 1 is 1.08 bits per heavy atom. The van der Waals surface area contributed by atoms with E-state index in [2.05, 4.69) is 10.6 Å². The number of anilines is 2. The molecule has 0 fully saturated rings. The van der Waals surface area contributed by atoms with Gasteiger partial charge in [-0.25, -0.2) is 0 Å². The summed E-state index contributed by atoms with van der Waals surface area (Å²) in [5.74, 6) is 0.676. The summed E-state index contributed by atoms with van der Waals surface area (Å²) < 4.78 is 5.08. The fraction of sp³-hybridized carbons (Fsp3) is 0.300. The minimum atomic E-state index is -0.337. The van der Waals surface area contributed by atoms with E-state index >= 15 is 0 Å². The second kappa shape index (κ2) is 9.29. The lowest BCUT2D eigenvalue weighted by Gasteiger charge is -2.14. The highest BCUT2D eigenvalue weighted by Crippen LogP contribution is 2.20. The van der Waals surface area contributed by atoms with Gasteiger partial charge in [0.1, 0.15) is 5.75 Å². The molecule has 1 atom stereocenters. The summed E-state index contributed by atoms with van der Waals surface area (Å²) in [4.78, 5) is 24.4. The zero-order valence-electron chi connectivity index (χ0n) is 15.5. The first-order valence-electron chi connectivity index (χ1n) is 8.32. The Morgan fingerprint density at radius 3 is 2.42 bits per heavy atom. The molecule has 0 aliphatic carbocycles. The summed E-state index contributed by atoms with van der Waals surface area (Å²) in [7, 11) is 1.59. The first kappa shape index (κ1) is 19.8. The fourth-order valence-electron chi connectivity index (χ4n) is 2.25. The molecule has 1 unspecified atom stereocenters. The van der Waals surface area contributed by atoms with Gasteiger partial charge in [-0.05, 0) is 62.2 Å². The molecule has 138 valence electrons. The minimum Gasteiger partial charge on any atom is -0.497 e. The van der Waals surface area contributed by atoms with Crippen LogP contribution in [0.5, 0.6) is 5.75 Å². The van der Waals surface area contributed by atoms with E-state index in [-0.39, 0.29) is 22.8 Å². The maximum absolute atomic E-state index is 12.3. The third-order valence-electron chi connectivity index (χ3n) is 3.86. The number of carbonyl (C=O) groups is 2. The van der Waals surface area contributed by atoms with Gasteiger partial charge >= 0.3 is 0 Å². The molecule has 0 saturated carbocycles. The summed E-state index contributed by atoms with van der Waals surface area (Å²) in [5, 5.41) is 5.40. The van der Waals surface area contributed by atoms with Crippen LogP contribution in [0.2, 0.25) is 0 Å². The van der Waals surface area contributed by atoms with Gasteiger partial charge in [-0.3, -0.25) is 9.59 Å². The van der Waals surface area contributed by atoms with E-state index < -0.39 is 0 Å². The van der Waals surface area contributed by atoms with Gasteiger partial charge in [0.05, 0.1) is 18.1 Å². The van der Waals surface area contributed by atoms with Crippen LogP contribution in [0, 0.1) is 13.8 Å². The number of carbonyl (C=O) groups excluding carboxylic acids is 2. The van der Waals surface area contributed by atoms with Gasteiger partial charge in [-0.15, -0.1) is 11.8 Å².